The van der Waals surface area contributed by atoms with Crippen molar-refractivity contribution < 1.29 is 25.2 Å². The Bertz CT molecular complexity index is 3090. The molecular weight excluding hydrogens is 757 g/mol. The molecule has 0 radical (unpaired) electrons. The Morgan fingerprint density at radius 3 is 2.28 bits per heavy atom. The van der Waals surface area contributed by atoms with Crippen molar-refractivity contribution in [3.05, 3.63) is 175 Å². The summed E-state index contributed by atoms with van der Waals surface area (Å²) in [4.78, 5) is 12.1. The fourth-order valence-electron chi connectivity index (χ4n) is 8.48. The zero-order valence-corrected chi connectivity index (χ0v) is 30.9. The summed E-state index contributed by atoms with van der Waals surface area (Å²) in [7, 11) is 0. The van der Waals surface area contributed by atoms with E-state index < -0.39 is 0 Å². The van der Waals surface area contributed by atoms with Crippen molar-refractivity contribution in [1.82, 2.24) is 18.9 Å². The van der Waals surface area contributed by atoms with Crippen molar-refractivity contribution in [3.8, 4) is 17.2 Å². The van der Waals surface area contributed by atoms with E-state index in [2.05, 4.69) is 154 Å². The Balaban J connectivity index is 0.00000361. The topological polar surface area (TPSA) is 47.6 Å². The fourth-order valence-corrected chi connectivity index (χ4v) is 8.48. The van der Waals surface area contributed by atoms with Gasteiger partial charge in [0.1, 0.15) is 5.65 Å². The maximum Gasteiger partial charge on any atom is 2.00 e. The summed E-state index contributed by atoms with van der Waals surface area (Å²) >= 11 is 0. The Hall–Kier alpha value is -6.26. The number of fused-ring (bicyclic) bond motifs is 12. The van der Waals surface area contributed by atoms with Gasteiger partial charge in [-0.15, -0.1) is 30.3 Å². The number of anilines is 3. The van der Waals surface area contributed by atoms with Gasteiger partial charge in [-0.25, -0.2) is 4.98 Å². The van der Waals surface area contributed by atoms with Crippen LogP contribution < -0.4 is 9.64 Å². The Kier molecular flexibility index (Phi) is 7.29. The molecule has 6 nitrogen and oxygen atoms in total. The van der Waals surface area contributed by atoms with Crippen molar-refractivity contribution in [2.75, 3.05) is 4.90 Å². The van der Waals surface area contributed by atoms with E-state index in [0.717, 1.165) is 60.6 Å². The van der Waals surface area contributed by atoms with Crippen LogP contribution in [-0.2, 0) is 25.8 Å². The van der Waals surface area contributed by atoms with Crippen molar-refractivity contribution in [2.45, 2.75) is 19.3 Å². The summed E-state index contributed by atoms with van der Waals surface area (Å²) in [6.07, 6.45) is 5.68. The first kappa shape index (κ1) is 32.4. The van der Waals surface area contributed by atoms with Crippen molar-refractivity contribution in [3.63, 3.8) is 0 Å². The van der Waals surface area contributed by atoms with Crippen LogP contribution in [0.25, 0.3) is 54.9 Å². The van der Waals surface area contributed by atoms with Gasteiger partial charge in [0, 0.05) is 57.5 Å². The zero-order chi connectivity index (χ0) is 35.3. The minimum atomic E-state index is -0.230. The van der Waals surface area contributed by atoms with Gasteiger partial charge in [0.15, 0.2) is 0 Å². The summed E-state index contributed by atoms with van der Waals surface area (Å²) < 4.78 is 10.8. The third-order valence-corrected chi connectivity index (χ3v) is 10.8. The summed E-state index contributed by atoms with van der Waals surface area (Å²) in [6, 6.07) is 53.8. The molecule has 4 aromatic heterocycles. The summed E-state index contributed by atoms with van der Waals surface area (Å²) in [5.74, 6) is 1.18. The number of aromatic nitrogens is 4. The molecule has 0 amide bonds. The van der Waals surface area contributed by atoms with Crippen LogP contribution in [0.1, 0.15) is 25.0 Å². The van der Waals surface area contributed by atoms with Gasteiger partial charge in [0.2, 0.25) is 0 Å². The second-order valence-electron chi connectivity index (χ2n) is 14.1. The average Bonchev–Trinajstić information content (AvgIpc) is 3.83. The molecule has 0 aliphatic carbocycles. The van der Waals surface area contributed by atoms with Crippen LogP contribution in [-0.4, -0.2) is 18.9 Å². The van der Waals surface area contributed by atoms with E-state index in [0.29, 0.717) is 11.5 Å². The van der Waals surface area contributed by atoms with E-state index in [1.807, 2.05) is 42.9 Å². The van der Waals surface area contributed by atoms with Crippen LogP contribution in [0.4, 0.5) is 17.1 Å². The van der Waals surface area contributed by atoms with Gasteiger partial charge >= 0.3 is 20.4 Å². The van der Waals surface area contributed by atoms with Gasteiger partial charge in [-0.3, -0.25) is 4.98 Å². The molecule has 260 valence electrons. The third kappa shape index (κ3) is 4.62. The van der Waals surface area contributed by atoms with Crippen LogP contribution >= 0.6 is 0 Å². The Labute approximate surface area is 325 Å². The Morgan fingerprint density at radius 2 is 1.37 bits per heavy atom. The SMILES string of the molecule is CC1(C)c2ccccc2N(c2ccccc2)c2c1ccc1c2c2cccnc2n1-c1[c-]c(Oc2[c-]c3c(cc2)c2ccccc2n2ccnc32)ccc1.[Pd+2]. The molecule has 0 saturated heterocycles. The molecule has 1 aliphatic rings. The zero-order valence-electron chi connectivity index (χ0n) is 29.4. The number of hydrogen-bond acceptors (Lipinski definition) is 4. The first-order valence-corrected chi connectivity index (χ1v) is 17.8. The number of ether oxygens (including phenoxy) is 1. The van der Waals surface area contributed by atoms with Crippen LogP contribution in [0, 0.1) is 12.1 Å². The molecule has 0 unspecified atom stereocenters. The van der Waals surface area contributed by atoms with Gasteiger partial charge in [0.05, 0.1) is 22.5 Å². The predicted octanol–water partition coefficient (Wildman–Crippen LogP) is 11.6. The second-order valence-corrected chi connectivity index (χ2v) is 14.1. The smallest absolute Gasteiger partial charge is 0.503 e. The van der Waals surface area contributed by atoms with Gasteiger partial charge in [-0.05, 0) is 59.0 Å². The quantitative estimate of drug-likeness (QED) is 0.101. The molecule has 11 rings (SSSR count). The Morgan fingerprint density at radius 1 is 0.593 bits per heavy atom. The average molecular weight is 788 g/mol. The second kappa shape index (κ2) is 12.1. The first-order chi connectivity index (χ1) is 26.1. The number of hydrogen-bond donors (Lipinski definition) is 0. The van der Waals surface area contributed by atoms with E-state index in [9.17, 15) is 0 Å². The van der Waals surface area contributed by atoms with E-state index in [1.165, 1.54) is 22.5 Å². The predicted molar refractivity (Wildman–Crippen MR) is 213 cm³/mol. The van der Waals surface area contributed by atoms with Crippen LogP contribution in [0.2, 0.25) is 0 Å². The number of para-hydroxylation sites is 3. The van der Waals surface area contributed by atoms with Gasteiger partial charge in [-0.1, -0.05) is 97.0 Å². The molecular formula is C47H31N5OPd. The van der Waals surface area contributed by atoms with E-state index in [4.69, 9.17) is 9.72 Å². The van der Waals surface area contributed by atoms with E-state index in [1.54, 1.807) is 0 Å². The molecule has 54 heavy (non-hydrogen) atoms. The van der Waals surface area contributed by atoms with E-state index in [-0.39, 0.29) is 25.8 Å². The minimum absolute atomic E-state index is 0. The molecule has 5 heterocycles. The number of rotatable bonds is 4. The molecule has 6 aromatic carbocycles. The number of imidazole rings is 1. The minimum Gasteiger partial charge on any atom is -0.503 e. The van der Waals surface area contributed by atoms with Crippen molar-refractivity contribution in [2.24, 2.45) is 0 Å². The normalized spacial score (nSPS) is 13.3. The number of pyridine rings is 2. The first-order valence-electron chi connectivity index (χ1n) is 17.8. The van der Waals surface area contributed by atoms with Crippen molar-refractivity contribution in [1.29, 1.82) is 0 Å². The summed E-state index contributed by atoms with van der Waals surface area (Å²) in [6.45, 7) is 4.66. The molecule has 0 spiro atoms. The fraction of sp³-hybridized carbons (Fsp3) is 0.0638. The summed E-state index contributed by atoms with van der Waals surface area (Å²) in [5, 5.41) is 5.36. The largest absolute Gasteiger partial charge is 2.00 e. The molecule has 7 heteroatoms. The summed E-state index contributed by atoms with van der Waals surface area (Å²) in [5.41, 5.74) is 10.5. The van der Waals surface area contributed by atoms with Crippen LogP contribution in [0.15, 0.2) is 152 Å². The maximum atomic E-state index is 6.53. The third-order valence-electron chi connectivity index (χ3n) is 10.8. The monoisotopic (exact) mass is 787 g/mol. The standard InChI is InChI=1S/C47H31N5O.Pd/c1-47(2)38-18-7-9-20-41(38)51(30-12-4-3-5-13-30)44-39(47)23-24-42-43(44)36-17-11-25-48-46(36)52(42)31-14-10-15-32(28-31)53-33-21-22-34-35-16-6-8-19-40(35)50-27-26-49-45(50)37(34)29-33;/h3-27H,1-2H3;/q-2;+2. The molecule has 0 saturated carbocycles. The van der Waals surface area contributed by atoms with Crippen molar-refractivity contribution >= 4 is 66.3 Å². The number of nitrogens with zero attached hydrogens (tertiary/aromatic N) is 5. The van der Waals surface area contributed by atoms with Gasteiger partial charge in [0.25, 0.3) is 0 Å². The van der Waals surface area contributed by atoms with Crippen LogP contribution in [0.5, 0.6) is 11.5 Å². The molecule has 10 aromatic rings. The molecule has 0 bridgehead atoms. The van der Waals surface area contributed by atoms with Gasteiger partial charge in [-0.2, -0.15) is 6.07 Å². The molecule has 0 fully saturated rings. The van der Waals surface area contributed by atoms with Gasteiger partial charge < -0.3 is 18.6 Å². The molecule has 0 N–H and O–H groups in total. The van der Waals surface area contributed by atoms with Crippen LogP contribution in [0.3, 0.4) is 0 Å². The number of benzene rings is 6. The maximum absolute atomic E-state index is 6.53. The van der Waals surface area contributed by atoms with E-state index >= 15 is 0 Å². The molecule has 0 atom stereocenters. The molecule has 1 aliphatic heterocycles.